The number of carboxylic acids is 1. The number of piperidine rings is 1. The van der Waals surface area contributed by atoms with Crippen LogP contribution in [0.15, 0.2) is 18.2 Å². The minimum absolute atomic E-state index is 0.116. The number of halogens is 2. The van der Waals surface area contributed by atoms with E-state index in [1.165, 1.54) is 12.1 Å². The summed E-state index contributed by atoms with van der Waals surface area (Å²) >= 11 is 6.00. The molecule has 0 saturated carbocycles. The predicted octanol–water partition coefficient (Wildman–Crippen LogP) is 3.16. The molecule has 0 radical (unpaired) electrons. The minimum Gasteiger partial charge on any atom is -0.480 e. The molecule has 2 atom stereocenters. The van der Waals surface area contributed by atoms with Crippen molar-refractivity contribution in [1.29, 1.82) is 0 Å². The van der Waals surface area contributed by atoms with Crippen LogP contribution in [0, 0.1) is 11.7 Å². The van der Waals surface area contributed by atoms with Crippen molar-refractivity contribution in [1.82, 2.24) is 4.90 Å². The van der Waals surface area contributed by atoms with Crippen LogP contribution >= 0.6 is 11.6 Å². The molecule has 5 heteroatoms. The highest BCUT2D eigenvalue weighted by molar-refractivity contribution is 6.31. The Kier molecular flexibility index (Phi) is 4.42. The molecule has 19 heavy (non-hydrogen) atoms. The Bertz CT molecular complexity index is 481. The first-order valence-electron chi connectivity index (χ1n) is 6.40. The van der Waals surface area contributed by atoms with Gasteiger partial charge < -0.3 is 5.11 Å². The molecular formula is C14H17ClFNO2. The fourth-order valence-electron chi connectivity index (χ4n) is 2.72. The first-order chi connectivity index (χ1) is 8.99. The summed E-state index contributed by atoms with van der Waals surface area (Å²) in [6.07, 6.45) is 1.90. The van der Waals surface area contributed by atoms with Crippen molar-refractivity contribution in [3.05, 3.63) is 34.6 Å². The fourth-order valence-corrected chi connectivity index (χ4v) is 2.95. The van der Waals surface area contributed by atoms with E-state index in [0.717, 1.165) is 24.9 Å². The normalized spacial score (nSPS) is 24.4. The summed E-state index contributed by atoms with van der Waals surface area (Å²) in [5, 5.41) is 9.69. The highest BCUT2D eigenvalue weighted by Crippen LogP contribution is 2.27. The maximum atomic E-state index is 13.0. The van der Waals surface area contributed by atoms with Crippen molar-refractivity contribution in [2.24, 2.45) is 5.92 Å². The van der Waals surface area contributed by atoms with Gasteiger partial charge in [-0.3, -0.25) is 9.69 Å². The van der Waals surface area contributed by atoms with Crippen LogP contribution in [0.1, 0.15) is 25.3 Å². The molecule has 1 N–H and O–H groups in total. The molecule has 0 bridgehead atoms. The van der Waals surface area contributed by atoms with Gasteiger partial charge in [0.05, 0.1) is 0 Å². The molecule has 1 saturated heterocycles. The summed E-state index contributed by atoms with van der Waals surface area (Å²) in [7, 11) is 0. The lowest BCUT2D eigenvalue weighted by Crippen LogP contribution is -2.48. The Labute approximate surface area is 117 Å². The molecule has 1 heterocycles. The van der Waals surface area contributed by atoms with E-state index in [9.17, 15) is 14.3 Å². The first-order valence-corrected chi connectivity index (χ1v) is 6.77. The summed E-state index contributed by atoms with van der Waals surface area (Å²) in [5.74, 6) is -1.06. The van der Waals surface area contributed by atoms with Gasteiger partial charge in [-0.25, -0.2) is 4.39 Å². The monoisotopic (exact) mass is 285 g/mol. The Morgan fingerprint density at radius 3 is 2.95 bits per heavy atom. The van der Waals surface area contributed by atoms with Gasteiger partial charge >= 0.3 is 5.97 Å². The van der Waals surface area contributed by atoms with Crippen molar-refractivity contribution in [3.8, 4) is 0 Å². The Morgan fingerprint density at radius 1 is 1.58 bits per heavy atom. The van der Waals surface area contributed by atoms with E-state index in [1.807, 2.05) is 11.8 Å². The second-order valence-electron chi connectivity index (χ2n) is 5.11. The maximum Gasteiger partial charge on any atom is 0.321 e. The number of benzene rings is 1. The third-order valence-corrected chi connectivity index (χ3v) is 4.03. The summed E-state index contributed by atoms with van der Waals surface area (Å²) in [6.45, 7) is 3.13. The van der Waals surface area contributed by atoms with Gasteiger partial charge in [-0.1, -0.05) is 24.6 Å². The number of carboxylic acid groups (broad SMARTS) is 1. The highest BCUT2D eigenvalue weighted by Gasteiger charge is 2.34. The molecule has 0 spiro atoms. The number of aliphatic carboxylic acids is 1. The van der Waals surface area contributed by atoms with Gasteiger partial charge in [0, 0.05) is 11.6 Å². The molecule has 2 rings (SSSR count). The lowest BCUT2D eigenvalue weighted by Gasteiger charge is -2.37. The third kappa shape index (κ3) is 3.25. The summed E-state index contributed by atoms with van der Waals surface area (Å²) in [6, 6.07) is 3.75. The molecule has 104 valence electrons. The molecule has 1 aliphatic heterocycles. The predicted molar refractivity (Wildman–Crippen MR) is 71.6 cm³/mol. The molecule has 1 aromatic carbocycles. The SMILES string of the molecule is CC1CCCN(Cc2ccc(F)cc2Cl)C1C(=O)O. The fraction of sp³-hybridized carbons (Fsp3) is 0.500. The molecule has 2 unspecified atom stereocenters. The summed E-state index contributed by atoms with van der Waals surface area (Å²) in [4.78, 5) is 13.3. The van der Waals surface area contributed by atoms with Crippen LogP contribution in [0.2, 0.25) is 5.02 Å². The molecule has 0 aromatic heterocycles. The number of nitrogens with zero attached hydrogens (tertiary/aromatic N) is 1. The molecule has 1 fully saturated rings. The van der Waals surface area contributed by atoms with Gasteiger partial charge in [0.1, 0.15) is 11.9 Å². The van der Waals surface area contributed by atoms with Gasteiger partial charge in [-0.15, -0.1) is 0 Å². The number of hydrogen-bond donors (Lipinski definition) is 1. The number of likely N-dealkylation sites (tertiary alicyclic amines) is 1. The zero-order valence-electron chi connectivity index (χ0n) is 10.8. The third-order valence-electron chi connectivity index (χ3n) is 3.68. The average Bonchev–Trinajstić information content (AvgIpc) is 2.32. The summed E-state index contributed by atoms with van der Waals surface area (Å²) in [5.41, 5.74) is 0.767. The van der Waals surface area contributed by atoms with Crippen LogP contribution in [-0.4, -0.2) is 28.6 Å². The van der Waals surface area contributed by atoms with Gasteiger partial charge in [-0.2, -0.15) is 0 Å². The van der Waals surface area contributed by atoms with Crippen LogP contribution in [0.5, 0.6) is 0 Å². The van der Waals surface area contributed by atoms with E-state index in [1.54, 1.807) is 6.07 Å². The maximum absolute atomic E-state index is 13.0. The average molecular weight is 286 g/mol. The van der Waals surface area contributed by atoms with Crippen molar-refractivity contribution >= 4 is 17.6 Å². The van der Waals surface area contributed by atoms with E-state index in [-0.39, 0.29) is 11.7 Å². The topological polar surface area (TPSA) is 40.5 Å². The van der Waals surface area contributed by atoms with Crippen molar-refractivity contribution in [3.63, 3.8) is 0 Å². The smallest absolute Gasteiger partial charge is 0.321 e. The van der Waals surface area contributed by atoms with E-state index < -0.39 is 12.0 Å². The Balaban J connectivity index is 2.18. The molecule has 3 nitrogen and oxygen atoms in total. The second-order valence-corrected chi connectivity index (χ2v) is 5.52. The molecule has 1 aromatic rings. The minimum atomic E-state index is -0.801. The number of hydrogen-bond acceptors (Lipinski definition) is 2. The number of rotatable bonds is 3. The molecule has 0 amide bonds. The van der Waals surface area contributed by atoms with Gasteiger partial charge in [0.25, 0.3) is 0 Å². The number of carbonyl (C=O) groups is 1. The van der Waals surface area contributed by atoms with Crippen LogP contribution in [-0.2, 0) is 11.3 Å². The Morgan fingerprint density at radius 2 is 2.32 bits per heavy atom. The second kappa shape index (κ2) is 5.88. The van der Waals surface area contributed by atoms with Gasteiger partial charge in [-0.05, 0) is 43.0 Å². The zero-order valence-corrected chi connectivity index (χ0v) is 11.5. The Hall–Kier alpha value is -1.13. The van der Waals surface area contributed by atoms with E-state index in [4.69, 9.17) is 11.6 Å². The van der Waals surface area contributed by atoms with Crippen LogP contribution in [0.4, 0.5) is 4.39 Å². The van der Waals surface area contributed by atoms with Crippen LogP contribution in [0.3, 0.4) is 0 Å². The van der Waals surface area contributed by atoms with Crippen molar-refractivity contribution < 1.29 is 14.3 Å². The molecule has 0 aliphatic carbocycles. The van der Waals surface area contributed by atoms with Crippen molar-refractivity contribution in [2.45, 2.75) is 32.4 Å². The van der Waals surface area contributed by atoms with E-state index in [0.29, 0.717) is 11.6 Å². The van der Waals surface area contributed by atoms with Gasteiger partial charge in [0.2, 0.25) is 0 Å². The zero-order chi connectivity index (χ0) is 14.0. The summed E-state index contributed by atoms with van der Waals surface area (Å²) < 4.78 is 13.0. The lowest BCUT2D eigenvalue weighted by atomic mass is 9.90. The molecule has 1 aliphatic rings. The van der Waals surface area contributed by atoms with Gasteiger partial charge in [0.15, 0.2) is 0 Å². The van der Waals surface area contributed by atoms with Crippen molar-refractivity contribution in [2.75, 3.05) is 6.54 Å². The van der Waals surface area contributed by atoms with E-state index in [2.05, 4.69) is 0 Å². The van der Waals surface area contributed by atoms with Crippen LogP contribution in [0.25, 0.3) is 0 Å². The lowest BCUT2D eigenvalue weighted by molar-refractivity contribution is -0.147. The quantitative estimate of drug-likeness (QED) is 0.927. The largest absolute Gasteiger partial charge is 0.480 e. The first kappa shape index (κ1) is 14.3. The standard InChI is InChI=1S/C14H17ClFNO2/c1-9-3-2-6-17(13(9)14(18)19)8-10-4-5-11(16)7-12(10)15/h4-5,7,9,13H,2-3,6,8H2,1H3,(H,18,19). The van der Waals surface area contributed by atoms with E-state index >= 15 is 0 Å². The molecular weight excluding hydrogens is 269 g/mol. The highest BCUT2D eigenvalue weighted by atomic mass is 35.5. The van der Waals surface area contributed by atoms with Crippen LogP contribution < -0.4 is 0 Å².